The highest BCUT2D eigenvalue weighted by atomic mass is 32.1. The highest BCUT2D eigenvalue weighted by Crippen LogP contribution is 2.25. The molecule has 1 saturated carbocycles. The van der Waals surface area contributed by atoms with Crippen LogP contribution < -0.4 is 5.32 Å². The summed E-state index contributed by atoms with van der Waals surface area (Å²) < 4.78 is 2.38. The van der Waals surface area contributed by atoms with Crippen LogP contribution in [0, 0.1) is 0 Å². The molecule has 0 atom stereocenters. The maximum atomic E-state index is 3.63. The molecule has 0 spiro atoms. The maximum absolute atomic E-state index is 3.63. The Morgan fingerprint density at radius 2 is 2.05 bits per heavy atom. The van der Waals surface area contributed by atoms with E-state index in [1.54, 1.807) is 0 Å². The second-order valence-electron chi connectivity index (χ2n) is 5.53. The SMILES string of the molecule is c1csc(Cn2cc(CNC3CC3)c3ccccc32)c1. The molecule has 2 aromatic heterocycles. The van der Waals surface area contributed by atoms with Crippen molar-refractivity contribution in [2.45, 2.75) is 32.0 Å². The van der Waals surface area contributed by atoms with Gasteiger partial charge in [-0.1, -0.05) is 24.3 Å². The van der Waals surface area contributed by atoms with E-state index >= 15 is 0 Å². The highest BCUT2D eigenvalue weighted by Gasteiger charge is 2.20. The Labute approximate surface area is 123 Å². The summed E-state index contributed by atoms with van der Waals surface area (Å²) in [5.41, 5.74) is 2.76. The fourth-order valence-electron chi connectivity index (χ4n) is 2.71. The molecule has 0 bridgehead atoms. The Hall–Kier alpha value is -1.58. The van der Waals surface area contributed by atoms with Gasteiger partial charge in [0.25, 0.3) is 0 Å². The van der Waals surface area contributed by atoms with Gasteiger partial charge in [0.05, 0.1) is 6.54 Å². The Morgan fingerprint density at radius 1 is 1.15 bits per heavy atom. The van der Waals surface area contributed by atoms with Gasteiger partial charge in [0, 0.05) is 34.6 Å². The van der Waals surface area contributed by atoms with E-state index in [-0.39, 0.29) is 0 Å². The lowest BCUT2D eigenvalue weighted by Crippen LogP contribution is -2.14. The Kier molecular flexibility index (Phi) is 3.09. The molecule has 0 aliphatic heterocycles. The first kappa shape index (κ1) is 12.2. The lowest BCUT2D eigenvalue weighted by atomic mass is 10.2. The summed E-state index contributed by atoms with van der Waals surface area (Å²) in [4.78, 5) is 1.41. The molecule has 102 valence electrons. The molecule has 1 aliphatic carbocycles. The highest BCUT2D eigenvalue weighted by molar-refractivity contribution is 7.09. The fraction of sp³-hybridized carbons (Fsp3) is 0.294. The van der Waals surface area contributed by atoms with E-state index in [9.17, 15) is 0 Å². The first-order valence-electron chi connectivity index (χ1n) is 7.23. The van der Waals surface area contributed by atoms with Gasteiger partial charge in [0.2, 0.25) is 0 Å². The molecule has 1 aromatic carbocycles. The van der Waals surface area contributed by atoms with E-state index in [0.29, 0.717) is 0 Å². The van der Waals surface area contributed by atoms with Crippen molar-refractivity contribution in [1.29, 1.82) is 0 Å². The molecule has 2 nitrogen and oxygen atoms in total. The lowest BCUT2D eigenvalue weighted by Gasteiger charge is -2.02. The van der Waals surface area contributed by atoms with Crippen molar-refractivity contribution in [3.05, 3.63) is 58.4 Å². The number of thiophene rings is 1. The number of aromatic nitrogens is 1. The smallest absolute Gasteiger partial charge is 0.0569 e. The third kappa shape index (κ3) is 2.39. The number of nitrogens with one attached hydrogen (secondary N) is 1. The molecular formula is C17H18N2S. The molecule has 4 rings (SSSR count). The van der Waals surface area contributed by atoms with Crippen molar-refractivity contribution in [2.75, 3.05) is 0 Å². The normalized spacial score (nSPS) is 15.0. The summed E-state index contributed by atoms with van der Waals surface area (Å²) in [7, 11) is 0. The molecule has 1 aliphatic rings. The van der Waals surface area contributed by atoms with E-state index in [0.717, 1.165) is 19.1 Å². The Morgan fingerprint density at radius 3 is 2.85 bits per heavy atom. The van der Waals surface area contributed by atoms with E-state index in [1.165, 1.54) is 34.2 Å². The number of hydrogen-bond donors (Lipinski definition) is 1. The van der Waals surface area contributed by atoms with Crippen molar-refractivity contribution in [3.63, 3.8) is 0 Å². The Balaban J connectivity index is 1.68. The average molecular weight is 282 g/mol. The first-order chi connectivity index (χ1) is 9.90. The van der Waals surface area contributed by atoms with Crippen LogP contribution in [-0.4, -0.2) is 10.6 Å². The maximum Gasteiger partial charge on any atom is 0.0569 e. The summed E-state index contributed by atoms with van der Waals surface area (Å²) in [6, 6.07) is 13.8. The van der Waals surface area contributed by atoms with Crippen molar-refractivity contribution >= 4 is 22.2 Å². The number of rotatable bonds is 5. The van der Waals surface area contributed by atoms with Crippen LogP contribution in [0.5, 0.6) is 0 Å². The van der Waals surface area contributed by atoms with E-state index in [1.807, 2.05) is 11.3 Å². The zero-order valence-corrected chi connectivity index (χ0v) is 12.2. The van der Waals surface area contributed by atoms with Crippen LogP contribution in [0.15, 0.2) is 48.0 Å². The number of fused-ring (bicyclic) bond motifs is 1. The van der Waals surface area contributed by atoms with E-state index in [2.05, 4.69) is 57.9 Å². The van der Waals surface area contributed by atoms with Gasteiger partial charge < -0.3 is 9.88 Å². The van der Waals surface area contributed by atoms with Crippen LogP contribution in [0.4, 0.5) is 0 Å². The molecule has 2 heterocycles. The quantitative estimate of drug-likeness (QED) is 0.748. The van der Waals surface area contributed by atoms with E-state index < -0.39 is 0 Å². The van der Waals surface area contributed by atoms with Gasteiger partial charge >= 0.3 is 0 Å². The van der Waals surface area contributed by atoms with Gasteiger partial charge in [0.1, 0.15) is 0 Å². The van der Waals surface area contributed by atoms with Gasteiger partial charge in [-0.05, 0) is 35.9 Å². The fourth-order valence-corrected chi connectivity index (χ4v) is 3.41. The van der Waals surface area contributed by atoms with Crippen molar-refractivity contribution < 1.29 is 0 Å². The van der Waals surface area contributed by atoms with Gasteiger partial charge in [-0.15, -0.1) is 11.3 Å². The van der Waals surface area contributed by atoms with Crippen LogP contribution >= 0.6 is 11.3 Å². The molecule has 1 fully saturated rings. The van der Waals surface area contributed by atoms with Gasteiger partial charge in [-0.2, -0.15) is 0 Å². The van der Waals surface area contributed by atoms with E-state index in [4.69, 9.17) is 0 Å². The number of hydrogen-bond acceptors (Lipinski definition) is 2. The Bertz CT molecular complexity index is 708. The topological polar surface area (TPSA) is 17.0 Å². The van der Waals surface area contributed by atoms with Gasteiger partial charge in [-0.3, -0.25) is 0 Å². The molecular weight excluding hydrogens is 264 g/mol. The summed E-state index contributed by atoms with van der Waals surface area (Å²) >= 11 is 1.83. The molecule has 0 unspecified atom stereocenters. The summed E-state index contributed by atoms with van der Waals surface area (Å²) in [6.45, 7) is 1.96. The van der Waals surface area contributed by atoms with Crippen molar-refractivity contribution in [1.82, 2.24) is 9.88 Å². The van der Waals surface area contributed by atoms with Crippen LogP contribution in [0.3, 0.4) is 0 Å². The minimum atomic E-state index is 0.759. The lowest BCUT2D eigenvalue weighted by molar-refractivity contribution is 0.687. The predicted octanol–water partition coefficient (Wildman–Crippen LogP) is 4.00. The second kappa shape index (κ2) is 5.08. The zero-order chi connectivity index (χ0) is 13.4. The molecule has 20 heavy (non-hydrogen) atoms. The molecule has 0 radical (unpaired) electrons. The van der Waals surface area contributed by atoms with Crippen LogP contribution in [0.2, 0.25) is 0 Å². The van der Waals surface area contributed by atoms with Crippen LogP contribution in [-0.2, 0) is 13.1 Å². The standard InChI is InChI=1S/C17H18N2S/c1-2-6-17-16(5-1)13(10-18-14-7-8-14)11-19(17)12-15-4-3-9-20-15/h1-6,9,11,14,18H,7-8,10,12H2. The third-order valence-electron chi connectivity index (χ3n) is 3.94. The van der Waals surface area contributed by atoms with Crippen LogP contribution in [0.1, 0.15) is 23.3 Å². The van der Waals surface area contributed by atoms with Gasteiger partial charge in [0.15, 0.2) is 0 Å². The van der Waals surface area contributed by atoms with Crippen molar-refractivity contribution in [2.24, 2.45) is 0 Å². The van der Waals surface area contributed by atoms with Gasteiger partial charge in [-0.25, -0.2) is 0 Å². The summed E-state index contributed by atoms with van der Waals surface area (Å²) in [5.74, 6) is 0. The van der Waals surface area contributed by atoms with Crippen molar-refractivity contribution in [3.8, 4) is 0 Å². The molecule has 3 heteroatoms. The molecule has 0 saturated heterocycles. The largest absolute Gasteiger partial charge is 0.342 e. The average Bonchev–Trinajstić information content (AvgIpc) is 3.05. The van der Waals surface area contributed by atoms with Crippen LogP contribution in [0.25, 0.3) is 10.9 Å². The molecule has 0 amide bonds. The molecule has 3 aromatic rings. The molecule has 1 N–H and O–H groups in total. The zero-order valence-electron chi connectivity index (χ0n) is 11.4. The summed E-state index contributed by atoms with van der Waals surface area (Å²) in [5, 5.41) is 7.16. The number of benzene rings is 1. The first-order valence-corrected chi connectivity index (χ1v) is 8.10. The predicted molar refractivity (Wildman–Crippen MR) is 85.2 cm³/mol. The third-order valence-corrected chi connectivity index (χ3v) is 4.80. The monoisotopic (exact) mass is 282 g/mol. The number of nitrogens with zero attached hydrogens (tertiary/aromatic N) is 1. The summed E-state index contributed by atoms with van der Waals surface area (Å²) in [6.07, 6.45) is 5.00. The minimum Gasteiger partial charge on any atom is -0.342 e. The minimum absolute atomic E-state index is 0.759. The number of para-hydroxylation sites is 1. The second-order valence-corrected chi connectivity index (χ2v) is 6.57.